The third kappa shape index (κ3) is 4.41. The maximum atomic E-state index is 13.2. The van der Waals surface area contributed by atoms with Crippen LogP contribution in [0.4, 0.5) is 23.1 Å². The van der Waals surface area contributed by atoms with Crippen LogP contribution in [0.15, 0.2) is 42.6 Å². The number of ether oxygens (including phenoxy) is 1. The molecule has 212 valence electrons. The molecule has 0 saturated heterocycles. The second-order valence-corrected chi connectivity index (χ2v) is 10.6. The number of likely N-dealkylation sites (N-methyl/N-ethyl adjacent to an activating group) is 1. The predicted molar refractivity (Wildman–Crippen MR) is 159 cm³/mol. The molecule has 2 aliphatic rings. The van der Waals surface area contributed by atoms with Crippen LogP contribution in [0.1, 0.15) is 49.4 Å². The average Bonchev–Trinajstić information content (AvgIpc) is 3.68. The molecule has 1 fully saturated rings. The summed E-state index contributed by atoms with van der Waals surface area (Å²) in [5, 5.41) is 0. The predicted octanol–water partition coefficient (Wildman–Crippen LogP) is 4.40. The van der Waals surface area contributed by atoms with E-state index in [1.54, 1.807) is 37.4 Å². The van der Waals surface area contributed by atoms with E-state index >= 15 is 0 Å². The molecule has 2 amide bonds. The lowest BCUT2D eigenvalue weighted by molar-refractivity contribution is -0.120. The molecule has 3 N–H and O–H groups in total. The van der Waals surface area contributed by atoms with Gasteiger partial charge in [-0.2, -0.15) is 4.98 Å². The van der Waals surface area contributed by atoms with Crippen LogP contribution in [0.25, 0.3) is 22.4 Å². The summed E-state index contributed by atoms with van der Waals surface area (Å²) in [5.74, 6) is 2.06. The Bertz CT molecular complexity index is 1640. The molecule has 2 aromatic heterocycles. The van der Waals surface area contributed by atoms with E-state index in [0.29, 0.717) is 35.0 Å². The van der Waals surface area contributed by atoms with Crippen LogP contribution >= 0.6 is 0 Å². The molecule has 1 atom stereocenters. The Morgan fingerprint density at radius 3 is 2.68 bits per heavy atom. The monoisotopic (exact) mass is 554 g/mol. The molecule has 1 saturated carbocycles. The van der Waals surface area contributed by atoms with Crippen LogP contribution in [0, 0.1) is 0 Å². The number of primary amides is 1. The number of aromatic nitrogens is 4. The number of carbonyl (C=O) groups excluding carboxylic acids is 2. The minimum absolute atomic E-state index is 0.0856. The van der Waals surface area contributed by atoms with E-state index in [-0.39, 0.29) is 18.0 Å². The highest BCUT2D eigenvalue weighted by atomic mass is 16.5. The van der Waals surface area contributed by atoms with E-state index in [1.165, 1.54) is 0 Å². The van der Waals surface area contributed by atoms with Crippen molar-refractivity contribution in [2.45, 2.75) is 51.1 Å². The Labute approximate surface area is 238 Å². The number of aromatic amines is 1. The minimum atomic E-state index is -0.527. The molecule has 11 heteroatoms. The quantitative estimate of drug-likeness (QED) is 0.343. The summed E-state index contributed by atoms with van der Waals surface area (Å²) in [6.45, 7) is 2.06. The Hall–Kier alpha value is -4.67. The van der Waals surface area contributed by atoms with E-state index in [2.05, 4.69) is 26.8 Å². The average molecular weight is 555 g/mol. The van der Waals surface area contributed by atoms with Gasteiger partial charge in [-0.15, -0.1) is 0 Å². The summed E-state index contributed by atoms with van der Waals surface area (Å²) < 4.78 is 5.79. The zero-order valence-electron chi connectivity index (χ0n) is 23.7. The summed E-state index contributed by atoms with van der Waals surface area (Å²) in [4.78, 5) is 48.5. The van der Waals surface area contributed by atoms with Gasteiger partial charge in [-0.25, -0.2) is 9.97 Å². The van der Waals surface area contributed by atoms with Crippen molar-refractivity contribution in [3.8, 4) is 17.1 Å². The van der Waals surface area contributed by atoms with Crippen LogP contribution in [0.5, 0.6) is 5.75 Å². The molecule has 0 radical (unpaired) electrons. The van der Waals surface area contributed by atoms with Crippen LogP contribution in [-0.2, 0) is 4.79 Å². The van der Waals surface area contributed by atoms with Gasteiger partial charge in [0.25, 0.3) is 5.91 Å². The van der Waals surface area contributed by atoms with Gasteiger partial charge >= 0.3 is 0 Å². The largest absolute Gasteiger partial charge is 0.495 e. The number of amides is 2. The fraction of sp³-hybridized carbons (Fsp3) is 0.367. The molecule has 11 nitrogen and oxygen atoms in total. The van der Waals surface area contributed by atoms with E-state index < -0.39 is 5.91 Å². The van der Waals surface area contributed by atoms with Crippen molar-refractivity contribution in [2.24, 2.45) is 5.73 Å². The Kier molecular flexibility index (Phi) is 6.72. The van der Waals surface area contributed by atoms with Crippen molar-refractivity contribution in [1.82, 2.24) is 19.9 Å². The highest BCUT2D eigenvalue weighted by Crippen LogP contribution is 2.41. The number of fused-ring (bicyclic) bond motifs is 2. The van der Waals surface area contributed by atoms with Gasteiger partial charge < -0.3 is 30.2 Å². The van der Waals surface area contributed by atoms with Crippen molar-refractivity contribution in [2.75, 3.05) is 35.9 Å². The van der Waals surface area contributed by atoms with Gasteiger partial charge in [0, 0.05) is 25.7 Å². The first-order chi connectivity index (χ1) is 19.8. The summed E-state index contributed by atoms with van der Waals surface area (Å²) >= 11 is 0. The zero-order chi connectivity index (χ0) is 28.8. The van der Waals surface area contributed by atoms with Gasteiger partial charge in [0.15, 0.2) is 5.82 Å². The molecule has 41 heavy (non-hydrogen) atoms. The van der Waals surface area contributed by atoms with E-state index in [0.717, 1.165) is 54.0 Å². The van der Waals surface area contributed by atoms with Gasteiger partial charge in [0.2, 0.25) is 11.9 Å². The number of hydrogen-bond acceptors (Lipinski definition) is 8. The molecule has 2 aromatic carbocycles. The lowest BCUT2D eigenvalue weighted by atomic mass is 10.0. The minimum Gasteiger partial charge on any atom is -0.495 e. The molecular weight excluding hydrogens is 520 g/mol. The fourth-order valence-electron chi connectivity index (χ4n) is 6.11. The van der Waals surface area contributed by atoms with Gasteiger partial charge in [0.1, 0.15) is 28.8 Å². The van der Waals surface area contributed by atoms with Gasteiger partial charge in [-0.1, -0.05) is 25.8 Å². The number of carbonyl (C=O) groups is 2. The van der Waals surface area contributed by atoms with Crippen LogP contribution < -0.4 is 25.2 Å². The Balaban J connectivity index is 1.37. The number of rotatable bonds is 7. The molecular formula is C30H34N8O3. The number of benzene rings is 2. The normalized spacial score (nSPS) is 17.3. The van der Waals surface area contributed by atoms with Gasteiger partial charge in [-0.3, -0.25) is 9.59 Å². The number of methoxy groups -OCH3 is 1. The lowest BCUT2D eigenvalue weighted by Crippen LogP contribution is -2.55. The number of imidazole rings is 1. The van der Waals surface area contributed by atoms with Crippen LogP contribution in [0.2, 0.25) is 0 Å². The van der Waals surface area contributed by atoms with Crippen molar-refractivity contribution in [3.05, 3.63) is 48.2 Å². The first kappa shape index (κ1) is 26.5. The molecule has 1 aliphatic heterocycles. The third-order valence-corrected chi connectivity index (χ3v) is 8.29. The second-order valence-electron chi connectivity index (χ2n) is 10.6. The summed E-state index contributed by atoms with van der Waals surface area (Å²) in [7, 11) is 5.31. The summed E-state index contributed by atoms with van der Waals surface area (Å²) in [6.07, 6.45) is 6.89. The molecule has 6 rings (SSSR count). The number of anilines is 4. The smallest absolute Gasteiger partial charge is 0.250 e. The molecule has 0 unspecified atom stereocenters. The number of H-pyrrole nitrogens is 1. The lowest BCUT2D eigenvalue weighted by Gasteiger charge is -2.43. The molecule has 0 spiro atoms. The molecule has 0 bridgehead atoms. The van der Waals surface area contributed by atoms with E-state index in [1.807, 2.05) is 36.2 Å². The number of nitrogens with zero attached hydrogens (tertiary/aromatic N) is 6. The van der Waals surface area contributed by atoms with Crippen molar-refractivity contribution >= 4 is 46.0 Å². The van der Waals surface area contributed by atoms with Crippen LogP contribution in [-0.4, -0.2) is 65.0 Å². The number of hydrogen-bond donors (Lipinski definition) is 2. The maximum absolute atomic E-state index is 13.2. The molecule has 1 aliphatic carbocycles. The highest BCUT2D eigenvalue weighted by molar-refractivity contribution is 6.05. The third-order valence-electron chi connectivity index (χ3n) is 8.29. The van der Waals surface area contributed by atoms with Gasteiger partial charge in [0.05, 0.1) is 30.1 Å². The van der Waals surface area contributed by atoms with Crippen LogP contribution in [0.3, 0.4) is 0 Å². The summed E-state index contributed by atoms with van der Waals surface area (Å²) in [6, 6.07) is 11.1. The van der Waals surface area contributed by atoms with Crippen molar-refractivity contribution in [1.29, 1.82) is 0 Å². The molecule has 4 aromatic rings. The first-order valence-electron chi connectivity index (χ1n) is 14.0. The highest BCUT2D eigenvalue weighted by Gasteiger charge is 2.41. The maximum Gasteiger partial charge on any atom is 0.250 e. The number of nitrogens with one attached hydrogen (secondary N) is 1. The van der Waals surface area contributed by atoms with E-state index in [4.69, 9.17) is 15.5 Å². The van der Waals surface area contributed by atoms with E-state index in [9.17, 15) is 9.59 Å². The Morgan fingerprint density at radius 1 is 1.20 bits per heavy atom. The zero-order valence-corrected chi connectivity index (χ0v) is 23.7. The number of para-hydroxylation sites is 1. The number of nitrogens with two attached hydrogens (primary N) is 1. The topological polar surface area (TPSA) is 134 Å². The van der Waals surface area contributed by atoms with Crippen molar-refractivity contribution < 1.29 is 14.3 Å². The van der Waals surface area contributed by atoms with Gasteiger partial charge in [-0.05, 0) is 49.6 Å². The Morgan fingerprint density at radius 2 is 1.98 bits per heavy atom. The SMILES string of the molecule is CC[C@@H]1C(=O)N(C)c2cnc(N(C)c3ccc(-c4nc5c(C(N)=O)cccc5[nH]4)cc3OC)nc2N1C1CCCC1. The van der Waals surface area contributed by atoms with Crippen molar-refractivity contribution in [3.63, 3.8) is 0 Å². The fourth-order valence-corrected chi connectivity index (χ4v) is 6.11. The molecule has 3 heterocycles. The first-order valence-corrected chi connectivity index (χ1v) is 14.0. The summed E-state index contributed by atoms with van der Waals surface area (Å²) in [5.41, 5.74) is 9.44. The second kappa shape index (κ2) is 10.4. The standard InChI is InChI=1S/C30H34N8O3/c1-5-21-29(40)36(2)23-16-32-30(35-28(23)38(21)18-9-6-7-10-18)37(3)22-14-13-17(15-24(22)41-4)27-33-20-12-8-11-19(26(31)39)25(20)34-27/h8,11-16,18,21H,5-7,9-10H2,1-4H3,(H2,31,39)(H,33,34)/t21-/m1/s1.